The Labute approximate surface area is 128 Å². The summed E-state index contributed by atoms with van der Waals surface area (Å²) in [5.74, 6) is 3.11. The Morgan fingerprint density at radius 3 is 2.80 bits per heavy atom. The van der Waals surface area contributed by atoms with Gasteiger partial charge in [0.25, 0.3) is 5.91 Å². The molecule has 0 spiro atoms. The number of hydrogen-bond acceptors (Lipinski definition) is 3. The van der Waals surface area contributed by atoms with Crippen LogP contribution in [0.2, 0.25) is 19.6 Å². The predicted molar refractivity (Wildman–Crippen MR) is 87.4 cm³/mol. The minimum Gasteiger partial charge on any atom is -0.483 e. The topological polar surface area (TPSA) is 50.7 Å². The van der Waals surface area contributed by atoms with E-state index in [2.05, 4.69) is 57.6 Å². The summed E-state index contributed by atoms with van der Waals surface area (Å²) in [6.45, 7) is 6.31. The highest BCUT2D eigenvalue weighted by atomic mass is 79.9. The number of halogens is 1. The van der Waals surface area contributed by atoms with Gasteiger partial charge in [-0.2, -0.15) is 5.10 Å². The van der Waals surface area contributed by atoms with E-state index in [0.717, 1.165) is 4.47 Å². The highest BCUT2D eigenvalue weighted by Crippen LogP contribution is 2.23. The Hall–Kier alpha value is -1.58. The van der Waals surface area contributed by atoms with Crippen molar-refractivity contribution in [2.24, 2.45) is 5.10 Å². The SMILES string of the molecule is C[Si](C)(C)C#C/C=N/NC(=O)COc1ccccc1Br. The van der Waals surface area contributed by atoms with Crippen molar-refractivity contribution in [2.45, 2.75) is 19.6 Å². The second kappa shape index (κ2) is 7.87. The molecule has 20 heavy (non-hydrogen) atoms. The molecular weight excluding hydrogens is 336 g/mol. The van der Waals surface area contributed by atoms with Crippen molar-refractivity contribution in [1.29, 1.82) is 0 Å². The molecule has 0 radical (unpaired) electrons. The van der Waals surface area contributed by atoms with Gasteiger partial charge in [-0.3, -0.25) is 4.79 Å². The van der Waals surface area contributed by atoms with E-state index in [1.807, 2.05) is 18.2 Å². The van der Waals surface area contributed by atoms with Crippen LogP contribution in [0.25, 0.3) is 0 Å². The van der Waals surface area contributed by atoms with Crippen LogP contribution in [-0.2, 0) is 4.79 Å². The van der Waals surface area contributed by atoms with Crippen molar-refractivity contribution in [3.63, 3.8) is 0 Å². The van der Waals surface area contributed by atoms with Gasteiger partial charge in [-0.25, -0.2) is 5.43 Å². The lowest BCUT2D eigenvalue weighted by Gasteiger charge is -2.06. The highest BCUT2D eigenvalue weighted by molar-refractivity contribution is 9.10. The van der Waals surface area contributed by atoms with Gasteiger partial charge in [-0.05, 0) is 28.1 Å². The normalized spacial score (nSPS) is 10.8. The molecule has 1 aromatic rings. The van der Waals surface area contributed by atoms with E-state index >= 15 is 0 Å². The van der Waals surface area contributed by atoms with Gasteiger partial charge in [0.15, 0.2) is 6.61 Å². The molecule has 0 unspecified atom stereocenters. The first-order chi connectivity index (χ1) is 9.38. The fourth-order valence-electron chi connectivity index (χ4n) is 1.12. The van der Waals surface area contributed by atoms with Gasteiger partial charge in [-0.15, -0.1) is 5.54 Å². The van der Waals surface area contributed by atoms with E-state index in [-0.39, 0.29) is 12.5 Å². The van der Waals surface area contributed by atoms with Crippen molar-refractivity contribution in [3.8, 4) is 17.2 Å². The number of benzene rings is 1. The molecule has 4 nitrogen and oxygen atoms in total. The number of hydrazone groups is 1. The van der Waals surface area contributed by atoms with Gasteiger partial charge in [0.05, 0.1) is 10.7 Å². The highest BCUT2D eigenvalue weighted by Gasteiger charge is 2.06. The average molecular weight is 353 g/mol. The van der Waals surface area contributed by atoms with Crippen molar-refractivity contribution in [1.82, 2.24) is 5.43 Å². The van der Waals surface area contributed by atoms with Crippen LogP contribution in [-0.4, -0.2) is 26.8 Å². The maximum atomic E-state index is 11.5. The maximum Gasteiger partial charge on any atom is 0.277 e. The zero-order chi connectivity index (χ0) is 15.0. The standard InChI is InChI=1S/C14H17BrN2O2Si/c1-20(2,3)10-6-9-16-17-14(18)11-19-13-8-5-4-7-12(13)15/h4-5,7-9H,11H2,1-3H3,(H,17,18)/b16-9+. The van der Waals surface area contributed by atoms with Crippen molar-refractivity contribution in [3.05, 3.63) is 28.7 Å². The molecule has 106 valence electrons. The number of ether oxygens (including phenoxy) is 1. The first kappa shape index (κ1) is 16.5. The van der Waals surface area contributed by atoms with E-state index < -0.39 is 8.07 Å². The van der Waals surface area contributed by atoms with Crippen LogP contribution in [0.15, 0.2) is 33.8 Å². The lowest BCUT2D eigenvalue weighted by Crippen LogP contribution is -2.24. The van der Waals surface area contributed by atoms with Gasteiger partial charge < -0.3 is 4.74 Å². The number of carbonyl (C=O) groups is 1. The van der Waals surface area contributed by atoms with Gasteiger partial charge in [0.1, 0.15) is 13.8 Å². The van der Waals surface area contributed by atoms with Crippen molar-refractivity contribution < 1.29 is 9.53 Å². The molecule has 0 bridgehead atoms. The summed E-state index contributed by atoms with van der Waals surface area (Å²) in [5.41, 5.74) is 5.47. The van der Waals surface area contributed by atoms with E-state index in [4.69, 9.17) is 4.74 Å². The van der Waals surface area contributed by atoms with Gasteiger partial charge >= 0.3 is 0 Å². The summed E-state index contributed by atoms with van der Waals surface area (Å²) in [6.07, 6.45) is 1.40. The molecule has 0 heterocycles. The predicted octanol–water partition coefficient (Wildman–Crippen LogP) is 2.81. The molecule has 0 saturated heterocycles. The molecule has 0 aromatic heterocycles. The smallest absolute Gasteiger partial charge is 0.277 e. The zero-order valence-corrected chi connectivity index (χ0v) is 14.3. The maximum absolute atomic E-state index is 11.5. The first-order valence-corrected chi connectivity index (χ1v) is 10.4. The van der Waals surface area contributed by atoms with Crippen LogP contribution < -0.4 is 10.2 Å². The van der Waals surface area contributed by atoms with Crippen LogP contribution >= 0.6 is 15.9 Å². The minimum absolute atomic E-state index is 0.0958. The lowest BCUT2D eigenvalue weighted by molar-refractivity contribution is -0.123. The van der Waals surface area contributed by atoms with Gasteiger partial charge in [0.2, 0.25) is 0 Å². The number of rotatable bonds is 4. The Kier molecular flexibility index (Phi) is 6.48. The molecule has 1 amide bonds. The third-order valence-corrected chi connectivity index (χ3v) is 3.51. The Morgan fingerprint density at radius 1 is 1.45 bits per heavy atom. The molecule has 6 heteroatoms. The summed E-state index contributed by atoms with van der Waals surface area (Å²) < 4.78 is 6.15. The quantitative estimate of drug-likeness (QED) is 0.392. The fraction of sp³-hybridized carbons (Fsp3) is 0.286. The van der Waals surface area contributed by atoms with Crippen LogP contribution in [0, 0.1) is 11.5 Å². The summed E-state index contributed by atoms with van der Waals surface area (Å²) >= 11 is 3.34. The molecule has 1 N–H and O–H groups in total. The van der Waals surface area contributed by atoms with Crippen LogP contribution in [0.5, 0.6) is 5.75 Å². The second-order valence-electron chi connectivity index (χ2n) is 5.03. The molecule has 0 atom stereocenters. The van der Waals surface area contributed by atoms with Crippen LogP contribution in [0.1, 0.15) is 0 Å². The van der Waals surface area contributed by atoms with E-state index in [1.54, 1.807) is 6.07 Å². The number of para-hydroxylation sites is 1. The second-order valence-corrected chi connectivity index (χ2v) is 10.6. The van der Waals surface area contributed by atoms with Crippen molar-refractivity contribution in [2.75, 3.05) is 6.61 Å². The average Bonchev–Trinajstić information content (AvgIpc) is 2.36. The molecule has 0 aliphatic carbocycles. The summed E-state index contributed by atoms with van der Waals surface area (Å²) in [7, 11) is -1.39. The van der Waals surface area contributed by atoms with Crippen molar-refractivity contribution >= 4 is 36.1 Å². The number of nitrogens with one attached hydrogen (secondary N) is 1. The van der Waals surface area contributed by atoms with Gasteiger partial charge in [0, 0.05) is 0 Å². The number of hydrogen-bond donors (Lipinski definition) is 1. The fourth-order valence-corrected chi connectivity index (χ4v) is 2.02. The molecule has 1 rings (SSSR count). The third-order valence-electron chi connectivity index (χ3n) is 1.96. The Morgan fingerprint density at radius 2 is 2.15 bits per heavy atom. The summed E-state index contributed by atoms with van der Waals surface area (Å²) in [6, 6.07) is 7.33. The van der Waals surface area contributed by atoms with E-state index in [0.29, 0.717) is 5.75 Å². The number of carbonyl (C=O) groups excluding carboxylic acids is 1. The minimum atomic E-state index is -1.39. The molecule has 0 aliphatic heterocycles. The first-order valence-electron chi connectivity index (χ1n) is 6.09. The molecular formula is C14H17BrN2O2Si. The zero-order valence-electron chi connectivity index (χ0n) is 11.7. The number of nitrogens with zero attached hydrogens (tertiary/aromatic N) is 1. The Bertz CT molecular complexity index is 556. The summed E-state index contributed by atoms with van der Waals surface area (Å²) in [4.78, 5) is 11.5. The molecule has 1 aromatic carbocycles. The van der Waals surface area contributed by atoms with Gasteiger partial charge in [-0.1, -0.05) is 37.7 Å². The van der Waals surface area contributed by atoms with Crippen LogP contribution in [0.3, 0.4) is 0 Å². The largest absolute Gasteiger partial charge is 0.483 e. The van der Waals surface area contributed by atoms with E-state index in [1.165, 1.54) is 6.21 Å². The van der Waals surface area contributed by atoms with Crippen LogP contribution in [0.4, 0.5) is 0 Å². The molecule has 0 fully saturated rings. The molecule has 0 saturated carbocycles. The van der Waals surface area contributed by atoms with E-state index in [9.17, 15) is 4.79 Å². The number of amides is 1. The lowest BCUT2D eigenvalue weighted by atomic mass is 10.3. The Balaban J connectivity index is 2.36. The monoisotopic (exact) mass is 352 g/mol. The third kappa shape index (κ3) is 7.12. The molecule has 0 aliphatic rings. The summed E-state index contributed by atoms with van der Waals surface area (Å²) in [5, 5.41) is 3.74.